The topological polar surface area (TPSA) is 45.7 Å². The van der Waals surface area contributed by atoms with E-state index in [9.17, 15) is 4.39 Å². The van der Waals surface area contributed by atoms with Gasteiger partial charge >= 0.3 is 0 Å². The largest absolute Gasteiger partial charge is 0.494 e. The summed E-state index contributed by atoms with van der Waals surface area (Å²) in [6, 6.07) is 13.2. The van der Waals surface area contributed by atoms with Crippen LogP contribution in [0.3, 0.4) is 0 Å². The van der Waals surface area contributed by atoms with Crippen LogP contribution < -0.4 is 15.4 Å². The van der Waals surface area contributed by atoms with Gasteiger partial charge in [0.05, 0.1) is 13.7 Å². The number of benzene rings is 2. The smallest absolute Gasteiger partial charge is 0.191 e. The quantitative estimate of drug-likeness (QED) is 0.392. The first kappa shape index (κ1) is 21.2. The number of aliphatic imine (C=N–C) groups is 1. The molecule has 25 heavy (non-hydrogen) atoms. The van der Waals surface area contributed by atoms with E-state index in [1.54, 1.807) is 6.07 Å². The van der Waals surface area contributed by atoms with Crippen molar-refractivity contribution in [3.63, 3.8) is 0 Å². The summed E-state index contributed by atoms with van der Waals surface area (Å²) in [5.41, 5.74) is 3.20. The molecule has 136 valence electrons. The molecule has 0 heterocycles. The van der Waals surface area contributed by atoms with Crippen molar-refractivity contribution in [2.75, 3.05) is 13.7 Å². The van der Waals surface area contributed by atoms with E-state index in [1.807, 2.05) is 19.1 Å². The van der Waals surface area contributed by atoms with Gasteiger partial charge in [-0.05, 0) is 37.1 Å². The summed E-state index contributed by atoms with van der Waals surface area (Å²) in [6.45, 7) is 5.91. The van der Waals surface area contributed by atoms with Crippen LogP contribution in [0.5, 0.6) is 5.75 Å². The predicted molar refractivity (Wildman–Crippen MR) is 111 cm³/mol. The van der Waals surface area contributed by atoms with Gasteiger partial charge in [-0.25, -0.2) is 9.38 Å². The number of hydrogen-bond donors (Lipinski definition) is 2. The molecule has 0 aliphatic heterocycles. The van der Waals surface area contributed by atoms with E-state index in [2.05, 4.69) is 40.7 Å². The highest BCUT2D eigenvalue weighted by atomic mass is 127. The molecule has 0 amide bonds. The van der Waals surface area contributed by atoms with Crippen molar-refractivity contribution < 1.29 is 9.13 Å². The Bertz CT molecular complexity index is 707. The Labute approximate surface area is 165 Å². The van der Waals surface area contributed by atoms with Gasteiger partial charge in [-0.2, -0.15) is 0 Å². The summed E-state index contributed by atoms with van der Waals surface area (Å²) in [7, 11) is 1.46. The third-order valence-corrected chi connectivity index (χ3v) is 3.52. The molecule has 2 aromatic carbocycles. The molecule has 0 aliphatic carbocycles. The zero-order valence-corrected chi connectivity index (χ0v) is 17.1. The van der Waals surface area contributed by atoms with Gasteiger partial charge < -0.3 is 15.4 Å². The first-order valence-corrected chi connectivity index (χ1v) is 8.02. The second kappa shape index (κ2) is 10.9. The maximum absolute atomic E-state index is 13.7. The van der Waals surface area contributed by atoms with E-state index >= 15 is 0 Å². The lowest BCUT2D eigenvalue weighted by molar-refractivity contribution is 0.386. The van der Waals surface area contributed by atoms with Crippen LogP contribution >= 0.6 is 24.0 Å². The molecule has 0 bridgehead atoms. The third kappa shape index (κ3) is 6.89. The minimum atomic E-state index is -0.362. The molecule has 4 nitrogen and oxygen atoms in total. The van der Waals surface area contributed by atoms with Crippen molar-refractivity contribution in [1.29, 1.82) is 0 Å². The predicted octanol–water partition coefficient (Wildman–Crippen LogP) is 4.02. The zero-order chi connectivity index (χ0) is 17.4. The molecular weight excluding hydrogens is 432 g/mol. The lowest BCUT2D eigenvalue weighted by Gasteiger charge is -2.12. The molecule has 0 fully saturated rings. The van der Waals surface area contributed by atoms with E-state index in [0.717, 1.165) is 17.7 Å². The second-order valence-electron chi connectivity index (χ2n) is 5.51. The van der Waals surface area contributed by atoms with Crippen LogP contribution in [0, 0.1) is 12.7 Å². The van der Waals surface area contributed by atoms with Crippen LogP contribution in [0.1, 0.15) is 23.6 Å². The first-order chi connectivity index (χ1) is 11.6. The molecule has 0 aromatic heterocycles. The van der Waals surface area contributed by atoms with Crippen molar-refractivity contribution in [1.82, 2.24) is 10.6 Å². The van der Waals surface area contributed by atoms with Gasteiger partial charge in [-0.15, -0.1) is 24.0 Å². The average Bonchev–Trinajstić information content (AvgIpc) is 2.57. The zero-order valence-electron chi connectivity index (χ0n) is 14.8. The van der Waals surface area contributed by atoms with Gasteiger partial charge in [0.15, 0.2) is 17.5 Å². The highest BCUT2D eigenvalue weighted by Crippen LogP contribution is 2.17. The number of halogens is 2. The Hall–Kier alpha value is -1.83. The van der Waals surface area contributed by atoms with Gasteiger partial charge in [0.25, 0.3) is 0 Å². The number of aryl methyl sites for hydroxylation is 1. The minimum Gasteiger partial charge on any atom is -0.494 e. The molecule has 0 unspecified atom stereocenters. The second-order valence-corrected chi connectivity index (χ2v) is 5.51. The summed E-state index contributed by atoms with van der Waals surface area (Å²) in [4.78, 5) is 4.57. The van der Waals surface area contributed by atoms with Gasteiger partial charge in [0.1, 0.15) is 0 Å². The van der Waals surface area contributed by atoms with Crippen molar-refractivity contribution in [3.8, 4) is 5.75 Å². The molecule has 2 aromatic rings. The Balaban J connectivity index is 0.00000312. The normalized spacial score (nSPS) is 10.8. The number of nitrogens with zero attached hydrogens (tertiary/aromatic N) is 1. The van der Waals surface area contributed by atoms with Gasteiger partial charge in [0, 0.05) is 13.1 Å². The Morgan fingerprint density at radius 2 is 1.92 bits per heavy atom. The van der Waals surface area contributed by atoms with Crippen molar-refractivity contribution >= 4 is 29.9 Å². The molecule has 0 saturated heterocycles. The van der Waals surface area contributed by atoms with Crippen LogP contribution in [-0.2, 0) is 13.1 Å². The molecule has 6 heteroatoms. The van der Waals surface area contributed by atoms with E-state index < -0.39 is 0 Å². The standard InChI is InChI=1S/C19H24FN3O.HI/c1-4-21-19(22-12-15-7-5-6-14(2)10-15)23-13-16-8-9-18(24-3)17(20)11-16;/h5-11H,4,12-13H2,1-3H3,(H2,21,22,23);1H. The fourth-order valence-electron chi connectivity index (χ4n) is 2.33. The van der Waals surface area contributed by atoms with Crippen LogP contribution in [0.2, 0.25) is 0 Å². The summed E-state index contributed by atoms with van der Waals surface area (Å²) in [6.07, 6.45) is 0. The Kier molecular flexibility index (Phi) is 9.26. The average molecular weight is 457 g/mol. The van der Waals surface area contributed by atoms with Gasteiger partial charge in [-0.3, -0.25) is 0 Å². The molecular formula is C19H25FIN3O. The summed E-state index contributed by atoms with van der Waals surface area (Å²) in [5, 5.41) is 6.41. The fourth-order valence-corrected chi connectivity index (χ4v) is 2.33. The molecule has 0 radical (unpaired) electrons. The molecule has 2 N–H and O–H groups in total. The summed E-state index contributed by atoms with van der Waals surface area (Å²) in [5.74, 6) is 0.590. The van der Waals surface area contributed by atoms with Crippen LogP contribution in [0.25, 0.3) is 0 Å². The van der Waals surface area contributed by atoms with Crippen LogP contribution in [-0.4, -0.2) is 19.6 Å². The number of methoxy groups -OCH3 is 1. The Morgan fingerprint density at radius 1 is 1.12 bits per heavy atom. The van der Waals surface area contributed by atoms with Gasteiger partial charge in [-0.1, -0.05) is 35.9 Å². The highest BCUT2D eigenvalue weighted by Gasteiger charge is 2.04. The van der Waals surface area contributed by atoms with Crippen LogP contribution in [0.4, 0.5) is 4.39 Å². The maximum atomic E-state index is 13.7. The summed E-state index contributed by atoms with van der Waals surface area (Å²) >= 11 is 0. The number of ether oxygens (including phenoxy) is 1. The van der Waals surface area contributed by atoms with Crippen molar-refractivity contribution in [2.24, 2.45) is 4.99 Å². The van der Waals surface area contributed by atoms with E-state index in [0.29, 0.717) is 19.0 Å². The van der Waals surface area contributed by atoms with E-state index in [4.69, 9.17) is 4.74 Å². The monoisotopic (exact) mass is 457 g/mol. The minimum absolute atomic E-state index is 0. The highest BCUT2D eigenvalue weighted by molar-refractivity contribution is 14.0. The van der Waals surface area contributed by atoms with E-state index in [1.165, 1.54) is 18.7 Å². The summed E-state index contributed by atoms with van der Waals surface area (Å²) < 4.78 is 18.7. The van der Waals surface area contributed by atoms with Crippen molar-refractivity contribution in [3.05, 3.63) is 65.0 Å². The SMILES string of the molecule is CCNC(=NCc1cccc(C)c1)NCc1ccc(OC)c(F)c1.I. The molecule has 0 atom stereocenters. The van der Waals surface area contributed by atoms with Gasteiger partial charge in [0.2, 0.25) is 0 Å². The van der Waals surface area contributed by atoms with Crippen LogP contribution in [0.15, 0.2) is 47.5 Å². The number of nitrogens with one attached hydrogen (secondary N) is 2. The fraction of sp³-hybridized carbons (Fsp3) is 0.316. The first-order valence-electron chi connectivity index (χ1n) is 8.02. The lowest BCUT2D eigenvalue weighted by atomic mass is 10.1. The van der Waals surface area contributed by atoms with Crippen molar-refractivity contribution in [2.45, 2.75) is 26.9 Å². The van der Waals surface area contributed by atoms with E-state index in [-0.39, 0.29) is 35.5 Å². The molecule has 0 saturated carbocycles. The lowest BCUT2D eigenvalue weighted by Crippen LogP contribution is -2.36. The third-order valence-electron chi connectivity index (χ3n) is 3.52. The molecule has 0 aliphatic rings. The Morgan fingerprint density at radius 3 is 2.56 bits per heavy atom. The number of guanidine groups is 1. The maximum Gasteiger partial charge on any atom is 0.191 e. The number of rotatable bonds is 6. The molecule has 2 rings (SSSR count). The molecule has 0 spiro atoms. The number of hydrogen-bond acceptors (Lipinski definition) is 2.